The number of hydrogen-bond acceptors (Lipinski definition) is 4. The normalized spacial score (nSPS) is 25.4. The van der Waals surface area contributed by atoms with Gasteiger partial charge < -0.3 is 19.9 Å². The van der Waals surface area contributed by atoms with Gasteiger partial charge in [-0.1, -0.05) is 18.6 Å². The van der Waals surface area contributed by atoms with Crippen LogP contribution in [0.1, 0.15) is 37.7 Å². The molecule has 0 bridgehead atoms. The summed E-state index contributed by atoms with van der Waals surface area (Å²) in [5, 5.41) is 13.2. The molecule has 0 saturated heterocycles. The Morgan fingerprint density at radius 1 is 1.14 bits per heavy atom. The molecule has 2 N–H and O–H groups in total. The summed E-state index contributed by atoms with van der Waals surface area (Å²) < 4.78 is 11.5. The molecule has 1 aliphatic carbocycles. The minimum absolute atomic E-state index is 0.102. The van der Waals surface area contributed by atoms with E-state index in [2.05, 4.69) is 11.4 Å². The number of rotatable bonds is 4. The Labute approximate surface area is 126 Å². The summed E-state index contributed by atoms with van der Waals surface area (Å²) in [6.07, 6.45) is 5.09. The Morgan fingerprint density at radius 2 is 2.05 bits per heavy atom. The zero-order valence-electron chi connectivity index (χ0n) is 12.5. The number of aliphatic hydroxyl groups excluding tert-OH is 1. The van der Waals surface area contributed by atoms with Crippen molar-refractivity contribution in [2.45, 2.75) is 44.8 Å². The summed E-state index contributed by atoms with van der Waals surface area (Å²) in [5.74, 6) is 2.35. The highest BCUT2D eigenvalue weighted by Gasteiger charge is 2.20. The van der Waals surface area contributed by atoms with Crippen LogP contribution < -0.4 is 14.8 Å². The van der Waals surface area contributed by atoms with Gasteiger partial charge in [0.05, 0.1) is 19.3 Å². The molecule has 1 aromatic rings. The lowest BCUT2D eigenvalue weighted by atomic mass is 9.87. The van der Waals surface area contributed by atoms with Crippen LogP contribution in [-0.4, -0.2) is 31.0 Å². The lowest BCUT2D eigenvalue weighted by Crippen LogP contribution is -2.29. The topological polar surface area (TPSA) is 50.7 Å². The lowest BCUT2D eigenvalue weighted by molar-refractivity contribution is 0.101. The lowest BCUT2D eigenvalue weighted by Gasteiger charge is -2.26. The van der Waals surface area contributed by atoms with Gasteiger partial charge >= 0.3 is 0 Å². The molecule has 1 fully saturated rings. The van der Waals surface area contributed by atoms with E-state index in [1.807, 2.05) is 12.1 Å². The zero-order chi connectivity index (χ0) is 14.5. The number of fused-ring (bicyclic) bond motifs is 1. The largest absolute Gasteiger partial charge is 0.490 e. The van der Waals surface area contributed by atoms with Crippen molar-refractivity contribution in [1.29, 1.82) is 0 Å². The summed E-state index contributed by atoms with van der Waals surface area (Å²) in [6, 6.07) is 6.09. The summed E-state index contributed by atoms with van der Waals surface area (Å²) in [4.78, 5) is 0. The van der Waals surface area contributed by atoms with Gasteiger partial charge in [0.15, 0.2) is 11.5 Å². The molecule has 21 heavy (non-hydrogen) atoms. The molecule has 2 unspecified atom stereocenters. The first-order chi connectivity index (χ1) is 10.3. The molecule has 0 radical (unpaired) electrons. The van der Waals surface area contributed by atoms with Crippen molar-refractivity contribution in [3.05, 3.63) is 23.8 Å². The van der Waals surface area contributed by atoms with Gasteiger partial charge in [-0.15, -0.1) is 0 Å². The average molecular weight is 291 g/mol. The van der Waals surface area contributed by atoms with Crippen molar-refractivity contribution in [2.75, 3.05) is 19.8 Å². The van der Waals surface area contributed by atoms with Gasteiger partial charge in [0, 0.05) is 18.5 Å². The molecule has 2 atom stereocenters. The van der Waals surface area contributed by atoms with Crippen LogP contribution in [0.25, 0.3) is 0 Å². The smallest absolute Gasteiger partial charge is 0.165 e. The quantitative estimate of drug-likeness (QED) is 0.895. The molecular formula is C17H25NO3. The SMILES string of the molecule is OC1CCCC(CNCc2cccc3c2OCCCO3)C1. The van der Waals surface area contributed by atoms with E-state index in [9.17, 15) is 5.11 Å². The molecule has 4 heteroatoms. The Bertz CT molecular complexity index is 463. The van der Waals surface area contributed by atoms with Crippen LogP contribution in [-0.2, 0) is 6.54 Å². The maximum absolute atomic E-state index is 9.72. The molecule has 2 aliphatic rings. The van der Waals surface area contributed by atoms with Crippen LogP contribution in [0.5, 0.6) is 11.5 Å². The van der Waals surface area contributed by atoms with Crippen molar-refractivity contribution in [1.82, 2.24) is 5.32 Å². The van der Waals surface area contributed by atoms with Crippen molar-refractivity contribution in [3.63, 3.8) is 0 Å². The second-order valence-electron chi connectivity index (χ2n) is 6.11. The fraction of sp³-hybridized carbons (Fsp3) is 0.647. The summed E-state index contributed by atoms with van der Waals surface area (Å²) >= 11 is 0. The van der Waals surface area contributed by atoms with E-state index >= 15 is 0 Å². The zero-order valence-corrected chi connectivity index (χ0v) is 12.5. The van der Waals surface area contributed by atoms with Gasteiger partial charge in [-0.3, -0.25) is 0 Å². The van der Waals surface area contributed by atoms with E-state index in [-0.39, 0.29) is 6.10 Å². The van der Waals surface area contributed by atoms with Crippen LogP contribution in [0, 0.1) is 5.92 Å². The van der Waals surface area contributed by atoms with Gasteiger partial charge in [-0.05, 0) is 37.8 Å². The second kappa shape index (κ2) is 7.14. The number of para-hydroxylation sites is 1. The molecule has 116 valence electrons. The van der Waals surface area contributed by atoms with Crippen LogP contribution in [0.15, 0.2) is 18.2 Å². The minimum Gasteiger partial charge on any atom is -0.490 e. The number of ether oxygens (including phenoxy) is 2. The van der Waals surface area contributed by atoms with Crippen molar-refractivity contribution in [2.24, 2.45) is 5.92 Å². The number of nitrogens with one attached hydrogen (secondary N) is 1. The maximum Gasteiger partial charge on any atom is 0.165 e. The molecular weight excluding hydrogens is 266 g/mol. The summed E-state index contributed by atoms with van der Waals surface area (Å²) in [5.41, 5.74) is 1.16. The monoisotopic (exact) mass is 291 g/mol. The Morgan fingerprint density at radius 3 is 2.95 bits per heavy atom. The Balaban J connectivity index is 1.55. The molecule has 0 amide bonds. The van der Waals surface area contributed by atoms with Crippen molar-refractivity contribution >= 4 is 0 Å². The highest BCUT2D eigenvalue weighted by atomic mass is 16.5. The van der Waals surface area contributed by atoms with E-state index in [1.54, 1.807) is 0 Å². The molecule has 0 aromatic heterocycles. The third-order valence-corrected chi connectivity index (χ3v) is 4.36. The van der Waals surface area contributed by atoms with Crippen LogP contribution in [0.2, 0.25) is 0 Å². The third kappa shape index (κ3) is 3.89. The first kappa shape index (κ1) is 14.7. The fourth-order valence-electron chi connectivity index (χ4n) is 3.25. The van der Waals surface area contributed by atoms with Gasteiger partial charge in [0.25, 0.3) is 0 Å². The molecule has 1 aliphatic heterocycles. The number of benzene rings is 1. The molecule has 3 rings (SSSR count). The molecule has 0 spiro atoms. The number of hydrogen-bond donors (Lipinski definition) is 2. The molecule has 1 aromatic carbocycles. The fourth-order valence-corrected chi connectivity index (χ4v) is 3.25. The average Bonchev–Trinajstić information content (AvgIpc) is 2.73. The van der Waals surface area contributed by atoms with Crippen LogP contribution >= 0.6 is 0 Å². The van der Waals surface area contributed by atoms with Gasteiger partial charge in [-0.25, -0.2) is 0 Å². The predicted molar refractivity (Wildman–Crippen MR) is 81.7 cm³/mol. The second-order valence-corrected chi connectivity index (χ2v) is 6.11. The first-order valence-corrected chi connectivity index (χ1v) is 8.09. The van der Waals surface area contributed by atoms with E-state index < -0.39 is 0 Å². The highest BCUT2D eigenvalue weighted by Crippen LogP contribution is 2.33. The van der Waals surface area contributed by atoms with Crippen molar-refractivity contribution in [3.8, 4) is 11.5 Å². The highest BCUT2D eigenvalue weighted by molar-refractivity contribution is 5.47. The van der Waals surface area contributed by atoms with E-state index in [1.165, 1.54) is 6.42 Å². The maximum atomic E-state index is 9.72. The van der Waals surface area contributed by atoms with Crippen LogP contribution in [0.3, 0.4) is 0 Å². The summed E-state index contributed by atoms with van der Waals surface area (Å²) in [7, 11) is 0. The minimum atomic E-state index is -0.102. The Kier molecular flexibility index (Phi) is 4.99. The van der Waals surface area contributed by atoms with Gasteiger partial charge in [0.1, 0.15) is 0 Å². The molecule has 1 saturated carbocycles. The van der Waals surface area contributed by atoms with E-state index in [4.69, 9.17) is 9.47 Å². The van der Waals surface area contributed by atoms with Gasteiger partial charge in [-0.2, -0.15) is 0 Å². The molecule has 1 heterocycles. The predicted octanol–water partition coefficient (Wildman–Crippen LogP) is 2.49. The van der Waals surface area contributed by atoms with Gasteiger partial charge in [0.2, 0.25) is 0 Å². The van der Waals surface area contributed by atoms with Crippen molar-refractivity contribution < 1.29 is 14.6 Å². The molecule has 4 nitrogen and oxygen atoms in total. The number of aliphatic hydroxyl groups is 1. The van der Waals surface area contributed by atoms with Crippen LogP contribution in [0.4, 0.5) is 0 Å². The Hall–Kier alpha value is -1.26. The standard InChI is InChI=1S/C17H25NO3/c19-15-6-1-4-13(10-15)11-18-12-14-5-2-7-16-17(14)21-9-3-8-20-16/h2,5,7,13,15,18-19H,1,3-4,6,8-12H2. The third-order valence-electron chi connectivity index (χ3n) is 4.36. The summed E-state index contributed by atoms with van der Waals surface area (Å²) in [6.45, 7) is 3.20. The first-order valence-electron chi connectivity index (χ1n) is 8.09. The van der Waals surface area contributed by atoms with E-state index in [0.29, 0.717) is 5.92 Å². The van der Waals surface area contributed by atoms with E-state index in [0.717, 1.165) is 69.0 Å².